The van der Waals surface area contributed by atoms with Gasteiger partial charge in [-0.05, 0) is 43.2 Å². The number of rotatable bonds is 6. The predicted octanol–water partition coefficient (Wildman–Crippen LogP) is 3.32. The molecule has 32 heavy (non-hydrogen) atoms. The third-order valence-electron chi connectivity index (χ3n) is 4.90. The van der Waals surface area contributed by atoms with E-state index in [2.05, 4.69) is 36.1 Å². The van der Waals surface area contributed by atoms with Crippen molar-refractivity contribution < 1.29 is 14.3 Å². The van der Waals surface area contributed by atoms with Gasteiger partial charge in [0.15, 0.2) is 5.82 Å². The highest BCUT2D eigenvalue weighted by molar-refractivity contribution is 6.30. The third kappa shape index (κ3) is 5.80. The maximum atomic E-state index is 12.4. The van der Waals surface area contributed by atoms with E-state index in [0.717, 1.165) is 18.7 Å². The monoisotopic (exact) mass is 455 g/mol. The smallest absolute Gasteiger partial charge is 0.319 e. The van der Waals surface area contributed by atoms with Crippen LogP contribution in [0.2, 0.25) is 5.02 Å². The molecule has 166 valence electrons. The fourth-order valence-corrected chi connectivity index (χ4v) is 3.36. The van der Waals surface area contributed by atoms with E-state index in [1.807, 2.05) is 0 Å². The lowest BCUT2D eigenvalue weighted by Crippen LogP contribution is -2.28. The van der Waals surface area contributed by atoms with Crippen LogP contribution in [0.1, 0.15) is 40.8 Å². The average molecular weight is 456 g/mol. The Balaban J connectivity index is 1.29. The topological polar surface area (TPSA) is 134 Å². The Bertz CT molecular complexity index is 1080. The van der Waals surface area contributed by atoms with Crippen molar-refractivity contribution >= 4 is 35.0 Å². The molecule has 3 heterocycles. The fraction of sp³-hybridized carbons (Fsp3) is 0.286. The van der Waals surface area contributed by atoms with Crippen molar-refractivity contribution in [2.24, 2.45) is 0 Å². The fourth-order valence-electron chi connectivity index (χ4n) is 3.24. The van der Waals surface area contributed by atoms with Gasteiger partial charge in [0.1, 0.15) is 11.6 Å². The van der Waals surface area contributed by atoms with Crippen molar-refractivity contribution in [3.8, 4) is 0 Å². The molecule has 2 aromatic heterocycles. The molecule has 0 spiro atoms. The molecule has 0 unspecified atom stereocenters. The van der Waals surface area contributed by atoms with Crippen molar-refractivity contribution in [1.29, 1.82) is 0 Å². The van der Waals surface area contributed by atoms with Gasteiger partial charge in [0.2, 0.25) is 0 Å². The zero-order chi connectivity index (χ0) is 22.3. The van der Waals surface area contributed by atoms with Crippen molar-refractivity contribution in [2.45, 2.75) is 25.3 Å². The number of hydrogen-bond acceptors (Lipinski definition) is 6. The summed E-state index contributed by atoms with van der Waals surface area (Å²) >= 11 is 5.80. The summed E-state index contributed by atoms with van der Waals surface area (Å²) in [5, 5.41) is 15.7. The molecule has 0 saturated carbocycles. The summed E-state index contributed by atoms with van der Waals surface area (Å²) in [6.45, 7) is 1.62. The summed E-state index contributed by atoms with van der Waals surface area (Å²) in [5.74, 6) is 1.62. The van der Waals surface area contributed by atoms with Crippen LogP contribution in [-0.2, 0) is 11.3 Å². The van der Waals surface area contributed by atoms with E-state index in [1.54, 1.807) is 36.4 Å². The van der Waals surface area contributed by atoms with Crippen molar-refractivity contribution in [1.82, 2.24) is 25.5 Å². The van der Waals surface area contributed by atoms with Gasteiger partial charge in [-0.15, -0.1) is 0 Å². The van der Waals surface area contributed by atoms with Crippen LogP contribution in [-0.4, -0.2) is 45.3 Å². The second-order valence-electron chi connectivity index (χ2n) is 7.23. The summed E-state index contributed by atoms with van der Waals surface area (Å²) in [6, 6.07) is 9.39. The van der Waals surface area contributed by atoms with Gasteiger partial charge < -0.3 is 20.7 Å². The number of pyridine rings is 1. The minimum atomic E-state index is -0.425. The number of H-pyrrole nitrogens is 1. The molecule has 3 amide bonds. The zero-order valence-electron chi connectivity index (χ0n) is 17.1. The average Bonchev–Trinajstić information content (AvgIpc) is 3.29. The second-order valence-corrected chi connectivity index (χ2v) is 7.67. The number of nitrogens with one attached hydrogen (secondary N) is 4. The highest BCUT2D eigenvalue weighted by Gasteiger charge is 2.20. The molecular weight excluding hydrogens is 434 g/mol. The molecule has 0 radical (unpaired) electrons. The molecule has 3 aromatic rings. The van der Waals surface area contributed by atoms with Gasteiger partial charge in [-0.25, -0.2) is 14.8 Å². The van der Waals surface area contributed by atoms with Crippen LogP contribution in [0.25, 0.3) is 0 Å². The van der Waals surface area contributed by atoms with Gasteiger partial charge >= 0.3 is 6.03 Å². The van der Waals surface area contributed by atoms with E-state index >= 15 is 0 Å². The van der Waals surface area contributed by atoms with Gasteiger partial charge in [0.25, 0.3) is 5.91 Å². The summed E-state index contributed by atoms with van der Waals surface area (Å²) in [6.07, 6.45) is 3.23. The lowest BCUT2D eigenvalue weighted by molar-refractivity contribution is 0.0836. The summed E-state index contributed by atoms with van der Waals surface area (Å²) < 4.78 is 5.36. The summed E-state index contributed by atoms with van der Waals surface area (Å²) in [4.78, 5) is 33.2. The van der Waals surface area contributed by atoms with Crippen LogP contribution >= 0.6 is 11.6 Å². The number of carbonyl (C=O) groups excluding carboxylic acids is 2. The van der Waals surface area contributed by atoms with Crippen LogP contribution in [0.5, 0.6) is 0 Å². The minimum Gasteiger partial charge on any atom is -0.381 e. The van der Waals surface area contributed by atoms with Crippen LogP contribution < -0.4 is 16.0 Å². The van der Waals surface area contributed by atoms with Gasteiger partial charge in [-0.1, -0.05) is 17.7 Å². The Morgan fingerprint density at radius 1 is 1.16 bits per heavy atom. The maximum Gasteiger partial charge on any atom is 0.319 e. The van der Waals surface area contributed by atoms with Gasteiger partial charge in [-0.2, -0.15) is 5.10 Å². The molecule has 1 aliphatic rings. The number of aromatic nitrogens is 4. The van der Waals surface area contributed by atoms with Crippen LogP contribution in [0.3, 0.4) is 0 Å². The zero-order valence-corrected chi connectivity index (χ0v) is 17.9. The number of carbonyl (C=O) groups is 2. The van der Waals surface area contributed by atoms with E-state index in [0.29, 0.717) is 41.1 Å². The Labute approximate surface area is 189 Å². The van der Waals surface area contributed by atoms with Crippen LogP contribution in [0, 0.1) is 0 Å². The molecule has 1 saturated heterocycles. The summed E-state index contributed by atoms with van der Waals surface area (Å²) in [5.41, 5.74) is 0.843. The maximum absolute atomic E-state index is 12.4. The number of nitrogens with zero attached hydrogens (tertiary/aromatic N) is 3. The van der Waals surface area contributed by atoms with Crippen LogP contribution in [0.15, 0.2) is 42.6 Å². The largest absolute Gasteiger partial charge is 0.381 e. The van der Waals surface area contributed by atoms with E-state index in [4.69, 9.17) is 16.3 Å². The first-order valence-corrected chi connectivity index (χ1v) is 10.5. The SMILES string of the molecule is O=C(NCc1nc(C2CCOCC2)n[nH]1)Nc1cccc(C(=O)Nc2ccc(Cl)cn2)c1. The van der Waals surface area contributed by atoms with E-state index in [-0.39, 0.29) is 18.4 Å². The Morgan fingerprint density at radius 2 is 2.00 bits per heavy atom. The number of anilines is 2. The molecule has 0 bridgehead atoms. The van der Waals surface area contributed by atoms with Crippen molar-refractivity contribution in [2.75, 3.05) is 23.8 Å². The molecule has 4 rings (SSSR count). The molecule has 4 N–H and O–H groups in total. The number of benzene rings is 1. The number of aromatic amines is 1. The first-order valence-electron chi connectivity index (χ1n) is 10.1. The van der Waals surface area contributed by atoms with E-state index < -0.39 is 6.03 Å². The first kappa shape index (κ1) is 21.7. The standard InChI is InChI=1S/C21H22ClN7O3/c22-15-4-5-17(23-11-15)27-20(30)14-2-1-3-16(10-14)25-21(31)24-12-18-26-19(29-28-18)13-6-8-32-9-7-13/h1-5,10-11,13H,6-9,12H2,(H,23,27,30)(H2,24,25,31)(H,26,28,29). The Kier molecular flexibility index (Phi) is 6.93. The number of hydrogen-bond donors (Lipinski definition) is 4. The quantitative estimate of drug-likeness (QED) is 0.450. The van der Waals surface area contributed by atoms with Gasteiger partial charge in [0.05, 0.1) is 11.6 Å². The molecular formula is C21H22ClN7O3. The number of ether oxygens (including phenoxy) is 1. The molecule has 10 nitrogen and oxygen atoms in total. The lowest BCUT2D eigenvalue weighted by atomic mass is 10.00. The molecule has 11 heteroatoms. The number of urea groups is 1. The van der Waals surface area contributed by atoms with E-state index in [9.17, 15) is 9.59 Å². The highest BCUT2D eigenvalue weighted by Crippen LogP contribution is 2.23. The Hall–Kier alpha value is -3.50. The van der Waals surface area contributed by atoms with Crippen LogP contribution in [0.4, 0.5) is 16.3 Å². The number of halogens is 1. The van der Waals surface area contributed by atoms with Gasteiger partial charge in [0, 0.05) is 36.6 Å². The third-order valence-corrected chi connectivity index (χ3v) is 5.13. The van der Waals surface area contributed by atoms with Crippen molar-refractivity contribution in [3.63, 3.8) is 0 Å². The Morgan fingerprint density at radius 3 is 2.78 bits per heavy atom. The minimum absolute atomic E-state index is 0.199. The normalized spacial score (nSPS) is 14.0. The summed E-state index contributed by atoms with van der Waals surface area (Å²) in [7, 11) is 0. The molecule has 0 atom stereocenters. The molecule has 0 aliphatic carbocycles. The molecule has 1 fully saturated rings. The second kappa shape index (κ2) is 10.2. The first-order chi connectivity index (χ1) is 15.6. The molecule has 1 aromatic carbocycles. The number of amides is 3. The van der Waals surface area contributed by atoms with Gasteiger partial charge in [-0.3, -0.25) is 9.89 Å². The van der Waals surface area contributed by atoms with E-state index in [1.165, 1.54) is 6.20 Å². The highest BCUT2D eigenvalue weighted by atomic mass is 35.5. The predicted molar refractivity (Wildman–Crippen MR) is 119 cm³/mol. The van der Waals surface area contributed by atoms with Crippen molar-refractivity contribution in [3.05, 3.63) is 64.8 Å². The lowest BCUT2D eigenvalue weighted by Gasteiger charge is -2.18. The molecule has 1 aliphatic heterocycles.